The first-order valence-electron chi connectivity index (χ1n) is 5.85. The Morgan fingerprint density at radius 3 is 2.50 bits per heavy atom. The summed E-state index contributed by atoms with van der Waals surface area (Å²) < 4.78 is 5.24. The summed E-state index contributed by atoms with van der Waals surface area (Å²) in [7, 11) is 0. The molecule has 1 aliphatic heterocycles. The molecule has 0 fully saturated rings. The zero-order chi connectivity index (χ0) is 12.5. The summed E-state index contributed by atoms with van der Waals surface area (Å²) >= 11 is 12.8. The molecule has 1 aromatic carbocycles. The van der Waals surface area contributed by atoms with Crippen LogP contribution in [0.5, 0.6) is 0 Å². The number of benzene rings is 1. The van der Waals surface area contributed by atoms with E-state index in [0.717, 1.165) is 32.6 Å². The highest BCUT2D eigenvalue weighted by atomic mass is 35.5. The highest BCUT2D eigenvalue weighted by Crippen LogP contribution is 2.16. The second-order valence-electron chi connectivity index (χ2n) is 4.19. The second-order valence-corrected chi connectivity index (χ2v) is 6.23. The Kier molecular flexibility index (Phi) is 3.37. The van der Waals surface area contributed by atoms with E-state index in [9.17, 15) is 0 Å². The van der Waals surface area contributed by atoms with Gasteiger partial charge < -0.3 is 0 Å². The van der Waals surface area contributed by atoms with Crippen LogP contribution in [0.2, 0.25) is 5.02 Å². The van der Waals surface area contributed by atoms with Crippen LogP contribution in [0.3, 0.4) is 0 Å². The number of rotatable bonds is 1. The Morgan fingerprint density at radius 1 is 1.11 bits per heavy atom. The molecule has 6 heteroatoms. The van der Waals surface area contributed by atoms with Crippen molar-refractivity contribution in [2.75, 3.05) is 0 Å². The summed E-state index contributed by atoms with van der Waals surface area (Å²) in [5, 5.41) is 0.730. The van der Waals surface area contributed by atoms with Crippen LogP contribution in [0.25, 0.3) is 0 Å². The average molecular weight is 298 g/mol. The fraction of sp³-hybridized carbons (Fsp3) is 0.333. The smallest absolute Gasteiger partial charge is 0.207 e. The van der Waals surface area contributed by atoms with Gasteiger partial charge in [-0.15, -0.1) is 0 Å². The first-order valence-corrected chi connectivity index (χ1v) is 7.45. The monoisotopic (exact) mass is 297 g/mol. The largest absolute Gasteiger partial charge is 0.264 e. The van der Waals surface area contributed by atoms with Crippen molar-refractivity contribution in [3.8, 4) is 0 Å². The maximum atomic E-state index is 5.87. The van der Waals surface area contributed by atoms with E-state index >= 15 is 0 Å². The molecule has 1 aliphatic rings. The Balaban J connectivity index is 2.12. The number of hydrogen-bond acceptors (Lipinski definition) is 3. The van der Waals surface area contributed by atoms with Crippen LogP contribution in [-0.4, -0.2) is 9.36 Å². The number of hydrogen-bond donors (Lipinski definition) is 0. The predicted molar refractivity (Wildman–Crippen MR) is 77.0 cm³/mol. The molecule has 0 atom stereocenters. The minimum Gasteiger partial charge on any atom is -0.264 e. The van der Waals surface area contributed by atoms with Gasteiger partial charge in [-0.25, -0.2) is 4.99 Å². The molecule has 0 saturated heterocycles. The molecule has 0 spiro atoms. The van der Waals surface area contributed by atoms with Crippen LogP contribution >= 0.6 is 35.2 Å². The molecule has 2 aromatic rings. The minimum absolute atomic E-state index is 0.730. The van der Waals surface area contributed by atoms with Gasteiger partial charge in [-0.3, -0.25) is 9.36 Å². The van der Waals surface area contributed by atoms with Crippen LogP contribution < -0.4 is 4.80 Å². The molecule has 1 aromatic heterocycles. The molecule has 0 N–H and O–H groups in total. The molecule has 0 saturated carbocycles. The number of nitrogens with zero attached hydrogens (tertiary/aromatic N) is 3. The molecular weight excluding hydrogens is 286 g/mol. The molecule has 3 nitrogen and oxygen atoms in total. The van der Waals surface area contributed by atoms with Crippen molar-refractivity contribution < 1.29 is 0 Å². The Morgan fingerprint density at radius 2 is 1.78 bits per heavy atom. The third-order valence-corrected chi connectivity index (χ3v) is 4.53. The van der Waals surface area contributed by atoms with Crippen LogP contribution in [0.4, 0.5) is 5.69 Å². The van der Waals surface area contributed by atoms with Crippen molar-refractivity contribution in [1.82, 2.24) is 9.36 Å². The van der Waals surface area contributed by atoms with Crippen LogP contribution in [0.15, 0.2) is 29.3 Å². The molecule has 0 radical (unpaired) electrons. The summed E-state index contributed by atoms with van der Waals surface area (Å²) in [5.74, 6) is 0. The maximum Gasteiger partial charge on any atom is 0.207 e. The number of fused-ring (bicyclic) bond motifs is 1. The number of aromatic nitrogens is 2. The van der Waals surface area contributed by atoms with E-state index in [1.165, 1.54) is 12.8 Å². The Labute approximate surface area is 119 Å². The Bertz CT molecular complexity index is 679. The Hall–Kier alpha value is -0.910. The van der Waals surface area contributed by atoms with Crippen LogP contribution in [0.1, 0.15) is 12.8 Å². The molecule has 3 rings (SSSR count). The first-order chi connectivity index (χ1) is 8.74. The molecule has 0 amide bonds. The van der Waals surface area contributed by atoms with Crippen molar-refractivity contribution in [3.63, 3.8) is 0 Å². The van der Waals surface area contributed by atoms with Gasteiger partial charge in [0.15, 0.2) is 3.95 Å². The lowest BCUT2D eigenvalue weighted by Gasteiger charge is -2.16. The van der Waals surface area contributed by atoms with Gasteiger partial charge in [0.2, 0.25) is 4.80 Å². The van der Waals surface area contributed by atoms with E-state index in [-0.39, 0.29) is 0 Å². The molecule has 0 bridgehead atoms. The summed E-state index contributed by atoms with van der Waals surface area (Å²) in [6.07, 6.45) is 2.39. The summed E-state index contributed by atoms with van der Waals surface area (Å²) in [6, 6.07) is 7.55. The van der Waals surface area contributed by atoms with Gasteiger partial charge in [-0.1, -0.05) is 22.9 Å². The zero-order valence-corrected chi connectivity index (χ0v) is 12.1. The van der Waals surface area contributed by atoms with E-state index in [4.69, 9.17) is 23.8 Å². The van der Waals surface area contributed by atoms with E-state index in [1.807, 2.05) is 24.3 Å². The van der Waals surface area contributed by atoms with E-state index in [1.54, 1.807) is 11.3 Å². The van der Waals surface area contributed by atoms with Gasteiger partial charge in [-0.05, 0) is 49.3 Å². The zero-order valence-electron chi connectivity index (χ0n) is 9.67. The SMILES string of the molecule is S=c1s/c(=N\c2ccc(Cl)cc2)n2n1CCCC2. The molecule has 2 heterocycles. The van der Waals surface area contributed by atoms with E-state index in [2.05, 4.69) is 14.4 Å². The van der Waals surface area contributed by atoms with Crippen molar-refractivity contribution in [1.29, 1.82) is 0 Å². The van der Waals surface area contributed by atoms with E-state index < -0.39 is 0 Å². The topological polar surface area (TPSA) is 22.2 Å². The van der Waals surface area contributed by atoms with Gasteiger partial charge in [0.25, 0.3) is 0 Å². The molecular formula is C12H12ClN3S2. The molecule has 0 aliphatic carbocycles. The first kappa shape index (κ1) is 12.1. The minimum atomic E-state index is 0.730. The van der Waals surface area contributed by atoms with Gasteiger partial charge in [0.1, 0.15) is 0 Å². The summed E-state index contributed by atoms with van der Waals surface area (Å²) in [4.78, 5) is 5.63. The highest BCUT2D eigenvalue weighted by molar-refractivity contribution is 7.73. The van der Waals surface area contributed by atoms with Gasteiger partial charge >= 0.3 is 0 Å². The molecule has 0 unspecified atom stereocenters. The lowest BCUT2D eigenvalue weighted by molar-refractivity contribution is 0.350. The summed E-state index contributed by atoms with van der Waals surface area (Å²) in [6.45, 7) is 2.00. The van der Waals surface area contributed by atoms with Gasteiger partial charge in [-0.2, -0.15) is 0 Å². The van der Waals surface area contributed by atoms with Crippen molar-refractivity contribution in [2.24, 2.45) is 4.99 Å². The molecule has 18 heavy (non-hydrogen) atoms. The van der Waals surface area contributed by atoms with Gasteiger partial charge in [0.05, 0.1) is 5.69 Å². The highest BCUT2D eigenvalue weighted by Gasteiger charge is 2.10. The third kappa shape index (κ3) is 2.30. The van der Waals surface area contributed by atoms with Crippen LogP contribution in [-0.2, 0) is 13.1 Å². The quantitative estimate of drug-likeness (QED) is 0.735. The lowest BCUT2D eigenvalue weighted by atomic mass is 10.3. The normalized spacial score (nSPS) is 15.7. The van der Waals surface area contributed by atoms with Crippen LogP contribution in [0, 0.1) is 3.95 Å². The van der Waals surface area contributed by atoms with Crippen molar-refractivity contribution >= 4 is 40.8 Å². The lowest BCUT2D eigenvalue weighted by Crippen LogP contribution is -2.27. The van der Waals surface area contributed by atoms with Gasteiger partial charge in [0, 0.05) is 18.1 Å². The van der Waals surface area contributed by atoms with Crippen molar-refractivity contribution in [2.45, 2.75) is 25.9 Å². The average Bonchev–Trinajstić information content (AvgIpc) is 2.70. The van der Waals surface area contributed by atoms with Crippen molar-refractivity contribution in [3.05, 3.63) is 38.0 Å². The third-order valence-electron chi connectivity index (χ3n) is 2.94. The maximum absolute atomic E-state index is 5.87. The second kappa shape index (κ2) is 4.99. The van der Waals surface area contributed by atoms with E-state index in [0.29, 0.717) is 0 Å². The fourth-order valence-electron chi connectivity index (χ4n) is 2.04. The fourth-order valence-corrected chi connectivity index (χ4v) is 3.48. The molecule has 94 valence electrons. The predicted octanol–water partition coefficient (Wildman–Crippen LogP) is 3.76. The number of halogens is 1. The summed E-state index contributed by atoms with van der Waals surface area (Å²) in [5.41, 5.74) is 0.914. The standard InChI is InChI=1S/C12H12ClN3S2/c13-9-3-5-10(6-4-9)14-11-15-7-1-2-8-16(15)12(17)18-11/h3-6H,1-2,7-8H2/b14-11-.